The summed E-state index contributed by atoms with van der Waals surface area (Å²) in [6.45, 7) is 6.87. The summed E-state index contributed by atoms with van der Waals surface area (Å²) in [6.07, 6.45) is 1.76. The third kappa shape index (κ3) is 6.17. The first-order valence-corrected chi connectivity index (χ1v) is 11.7. The molecule has 2 aliphatic rings. The number of amides is 3. The van der Waals surface area contributed by atoms with Crippen LogP contribution in [-0.4, -0.2) is 88.0 Å². The normalized spacial score (nSPS) is 20.6. The van der Waals surface area contributed by atoms with Crippen molar-refractivity contribution in [3.05, 3.63) is 42.2 Å². The Morgan fingerprint density at radius 2 is 2.03 bits per heavy atom. The summed E-state index contributed by atoms with van der Waals surface area (Å²) in [5.41, 5.74) is -0.580. The van der Waals surface area contributed by atoms with E-state index in [1.807, 2.05) is 18.7 Å². The molecule has 0 bridgehead atoms. The molecule has 2 fully saturated rings. The van der Waals surface area contributed by atoms with Crippen molar-refractivity contribution < 1.29 is 32.6 Å². The summed E-state index contributed by atoms with van der Waals surface area (Å²) in [7, 11) is 0. The first-order chi connectivity index (χ1) is 17.5. The van der Waals surface area contributed by atoms with Crippen LogP contribution in [-0.2, 0) is 19.1 Å². The van der Waals surface area contributed by atoms with Crippen LogP contribution < -0.4 is 15.4 Å². The van der Waals surface area contributed by atoms with Crippen molar-refractivity contribution in [2.24, 2.45) is 0 Å². The van der Waals surface area contributed by atoms with Gasteiger partial charge in [0.1, 0.15) is 12.4 Å². The highest BCUT2D eigenvalue weighted by molar-refractivity contribution is 5.93. The van der Waals surface area contributed by atoms with E-state index in [4.69, 9.17) is 9.47 Å². The van der Waals surface area contributed by atoms with Gasteiger partial charge in [0.15, 0.2) is 23.5 Å². The highest BCUT2D eigenvalue weighted by Gasteiger charge is 2.42. The summed E-state index contributed by atoms with van der Waals surface area (Å²) in [5.74, 6) is -2.43. The number of morpholine rings is 1. The van der Waals surface area contributed by atoms with Crippen molar-refractivity contribution in [1.82, 2.24) is 25.1 Å². The van der Waals surface area contributed by atoms with Gasteiger partial charge in [-0.05, 0) is 32.9 Å². The van der Waals surface area contributed by atoms with Crippen molar-refractivity contribution in [1.29, 1.82) is 0 Å². The van der Waals surface area contributed by atoms with Gasteiger partial charge in [-0.25, -0.2) is 18.7 Å². The van der Waals surface area contributed by atoms with E-state index in [0.717, 1.165) is 12.1 Å². The summed E-state index contributed by atoms with van der Waals surface area (Å²) >= 11 is 0. The molecule has 2 aromatic rings. The van der Waals surface area contributed by atoms with Crippen molar-refractivity contribution in [2.75, 3.05) is 38.1 Å². The molecule has 2 atom stereocenters. The highest BCUT2D eigenvalue weighted by atomic mass is 19.1. The maximum atomic E-state index is 13.8. The summed E-state index contributed by atoms with van der Waals surface area (Å²) < 4.78 is 37.5. The first-order valence-electron chi connectivity index (χ1n) is 11.7. The fourth-order valence-corrected chi connectivity index (χ4v) is 4.26. The van der Waals surface area contributed by atoms with Crippen LogP contribution in [0, 0.1) is 11.6 Å². The second-order valence-electron chi connectivity index (χ2n) is 9.46. The van der Waals surface area contributed by atoms with Crippen molar-refractivity contribution in [2.45, 2.75) is 38.5 Å². The number of aromatic nitrogens is 2. The van der Waals surface area contributed by atoms with Crippen molar-refractivity contribution in [3.63, 3.8) is 0 Å². The van der Waals surface area contributed by atoms with Gasteiger partial charge in [-0.2, -0.15) is 0 Å². The van der Waals surface area contributed by atoms with E-state index in [-0.39, 0.29) is 48.3 Å². The quantitative estimate of drug-likeness (QED) is 0.587. The highest BCUT2D eigenvalue weighted by Crippen LogP contribution is 2.25. The maximum Gasteiger partial charge on any atom is 0.254 e. The molecule has 0 radical (unpaired) electrons. The van der Waals surface area contributed by atoms with Gasteiger partial charge in [-0.15, -0.1) is 0 Å². The minimum absolute atomic E-state index is 0.0272. The number of carbonyl (C=O) groups is 3. The molecule has 198 valence electrons. The topological polar surface area (TPSA) is 126 Å². The molecule has 37 heavy (non-hydrogen) atoms. The predicted octanol–water partition coefficient (Wildman–Crippen LogP) is 1.31. The molecule has 2 aliphatic heterocycles. The lowest BCUT2D eigenvalue weighted by atomic mass is 9.96. The summed E-state index contributed by atoms with van der Waals surface area (Å²) in [4.78, 5) is 49.0. The Bertz CT molecular complexity index is 1170. The molecule has 3 amide bonds. The Hall–Kier alpha value is -3.71. The Labute approximate surface area is 212 Å². The average molecular weight is 519 g/mol. The number of nitrogens with zero attached hydrogens (tertiary/aromatic N) is 4. The standard InChI is InChI=1S/C24H28F2N6O5/c1-14(31-6-7-32(24(2,3)13-31)23(35)18-9-28-20(33)12-36-18)22(34)30-19-10-29-21(11-27-19)37-17-5-4-15(25)8-16(17)26/h4-5,8,10-11,14,18H,6-7,9,12-13H2,1-3H3,(H,28,33)(H,27,30,34)/t14-,18+/m0/s1. The number of anilines is 1. The van der Waals surface area contributed by atoms with Gasteiger partial charge < -0.3 is 25.0 Å². The smallest absolute Gasteiger partial charge is 0.254 e. The third-order valence-electron chi connectivity index (χ3n) is 6.29. The minimum atomic E-state index is -0.879. The number of hydrogen-bond acceptors (Lipinski definition) is 8. The van der Waals surface area contributed by atoms with E-state index in [1.54, 1.807) is 11.8 Å². The zero-order chi connectivity index (χ0) is 26.7. The number of benzene rings is 1. The lowest BCUT2D eigenvalue weighted by molar-refractivity contribution is -0.158. The minimum Gasteiger partial charge on any atom is -0.434 e. The number of nitrogens with one attached hydrogen (secondary N) is 2. The molecular formula is C24H28F2N6O5. The van der Waals surface area contributed by atoms with Gasteiger partial charge in [-0.1, -0.05) is 0 Å². The van der Waals surface area contributed by atoms with E-state index >= 15 is 0 Å². The zero-order valence-electron chi connectivity index (χ0n) is 20.7. The van der Waals surface area contributed by atoms with Crippen LogP contribution in [0.4, 0.5) is 14.6 Å². The lowest BCUT2D eigenvalue weighted by Gasteiger charge is -2.49. The molecular weight excluding hydrogens is 490 g/mol. The predicted molar refractivity (Wildman–Crippen MR) is 127 cm³/mol. The molecule has 11 nitrogen and oxygen atoms in total. The maximum absolute atomic E-state index is 13.8. The van der Waals surface area contributed by atoms with Crippen molar-refractivity contribution >= 4 is 23.5 Å². The van der Waals surface area contributed by atoms with Crippen LogP contribution in [0.3, 0.4) is 0 Å². The number of carbonyl (C=O) groups excluding carboxylic acids is 3. The molecule has 13 heteroatoms. The Kier molecular flexibility index (Phi) is 7.64. The van der Waals surface area contributed by atoms with E-state index < -0.39 is 29.3 Å². The molecule has 0 unspecified atom stereocenters. The molecule has 0 spiro atoms. The fraction of sp³-hybridized carbons (Fsp3) is 0.458. The SMILES string of the molecule is C[C@@H](C(=O)Nc1cnc(Oc2ccc(F)cc2F)cn1)N1CCN(C(=O)[C@H]2CNC(=O)CO2)C(C)(C)C1. The molecule has 2 N–H and O–H groups in total. The number of halogens is 2. The van der Waals surface area contributed by atoms with Crippen LogP contribution in [0.2, 0.25) is 0 Å². The van der Waals surface area contributed by atoms with E-state index in [1.165, 1.54) is 12.4 Å². The molecule has 0 saturated carbocycles. The first kappa shape index (κ1) is 26.4. The van der Waals surface area contributed by atoms with Crippen LogP contribution in [0.1, 0.15) is 20.8 Å². The molecule has 0 aliphatic carbocycles. The Morgan fingerprint density at radius 1 is 1.24 bits per heavy atom. The summed E-state index contributed by atoms with van der Waals surface area (Å²) in [5, 5.41) is 5.33. The number of ether oxygens (including phenoxy) is 2. The average Bonchev–Trinajstić information content (AvgIpc) is 2.86. The molecule has 1 aromatic carbocycles. The van der Waals surface area contributed by atoms with Crippen LogP contribution >= 0.6 is 0 Å². The number of rotatable bonds is 6. The van der Waals surface area contributed by atoms with Gasteiger partial charge in [0, 0.05) is 25.7 Å². The fourth-order valence-electron chi connectivity index (χ4n) is 4.26. The third-order valence-corrected chi connectivity index (χ3v) is 6.29. The van der Waals surface area contributed by atoms with Gasteiger partial charge in [0.2, 0.25) is 17.7 Å². The van der Waals surface area contributed by atoms with E-state index in [0.29, 0.717) is 25.7 Å². The second kappa shape index (κ2) is 10.7. The van der Waals surface area contributed by atoms with Crippen LogP contribution in [0.25, 0.3) is 0 Å². The van der Waals surface area contributed by atoms with E-state index in [9.17, 15) is 23.2 Å². The van der Waals surface area contributed by atoms with Gasteiger partial charge in [-0.3, -0.25) is 19.3 Å². The Balaban J connectivity index is 1.32. The Morgan fingerprint density at radius 3 is 2.65 bits per heavy atom. The molecule has 1 aromatic heterocycles. The van der Waals surface area contributed by atoms with Crippen LogP contribution in [0.15, 0.2) is 30.6 Å². The van der Waals surface area contributed by atoms with Crippen molar-refractivity contribution in [3.8, 4) is 11.6 Å². The number of piperazine rings is 1. The van der Waals surface area contributed by atoms with Gasteiger partial charge in [0.25, 0.3) is 5.91 Å². The monoisotopic (exact) mass is 518 g/mol. The largest absolute Gasteiger partial charge is 0.434 e. The van der Waals surface area contributed by atoms with Gasteiger partial charge in [0.05, 0.1) is 30.5 Å². The molecule has 4 rings (SSSR count). The number of hydrogen-bond donors (Lipinski definition) is 2. The lowest BCUT2D eigenvalue weighted by Crippen LogP contribution is -2.66. The van der Waals surface area contributed by atoms with E-state index in [2.05, 4.69) is 20.6 Å². The molecule has 2 saturated heterocycles. The summed E-state index contributed by atoms with van der Waals surface area (Å²) in [6, 6.07) is 2.35. The second-order valence-corrected chi connectivity index (χ2v) is 9.46. The zero-order valence-corrected chi connectivity index (χ0v) is 20.7. The van der Waals surface area contributed by atoms with Gasteiger partial charge >= 0.3 is 0 Å². The van der Waals surface area contributed by atoms with Crippen LogP contribution in [0.5, 0.6) is 11.6 Å². The molecule has 3 heterocycles.